The van der Waals surface area contributed by atoms with Crippen molar-refractivity contribution in [3.8, 4) is 0 Å². The van der Waals surface area contributed by atoms with Crippen molar-refractivity contribution in [3.63, 3.8) is 0 Å². The van der Waals surface area contributed by atoms with Crippen LogP contribution >= 0.6 is 0 Å². The van der Waals surface area contributed by atoms with Crippen molar-refractivity contribution in [2.75, 3.05) is 20.6 Å². The molecule has 1 N–H and O–H groups in total. The maximum absolute atomic E-state index is 13.8. The van der Waals surface area contributed by atoms with Gasteiger partial charge in [0, 0.05) is 37.1 Å². The van der Waals surface area contributed by atoms with Gasteiger partial charge in [0.1, 0.15) is 5.82 Å². The zero-order valence-corrected chi connectivity index (χ0v) is 11.9. The van der Waals surface area contributed by atoms with Crippen LogP contribution < -0.4 is 5.32 Å². The highest BCUT2D eigenvalue weighted by atomic mass is 19.1. The minimum Gasteiger partial charge on any atom is -0.312 e. The second-order valence-electron chi connectivity index (χ2n) is 4.92. The quantitative estimate of drug-likeness (QED) is 0.877. The minimum absolute atomic E-state index is 0.0297. The molecule has 3 nitrogen and oxygen atoms in total. The second kappa shape index (κ2) is 7.12. The zero-order valence-electron chi connectivity index (χ0n) is 11.9. The van der Waals surface area contributed by atoms with E-state index >= 15 is 0 Å². The first-order valence-corrected chi connectivity index (χ1v) is 6.70. The first-order valence-electron chi connectivity index (χ1n) is 6.70. The lowest BCUT2D eigenvalue weighted by molar-refractivity contribution is 0.286. The Hall–Kier alpha value is -1.78. The Morgan fingerprint density at radius 3 is 2.70 bits per heavy atom. The third kappa shape index (κ3) is 3.85. The van der Waals surface area contributed by atoms with Crippen LogP contribution in [0.5, 0.6) is 0 Å². The summed E-state index contributed by atoms with van der Waals surface area (Å²) < 4.78 is 13.8. The first kappa shape index (κ1) is 14.6. The number of benzene rings is 1. The van der Waals surface area contributed by atoms with Gasteiger partial charge in [0.15, 0.2) is 0 Å². The minimum atomic E-state index is -0.165. The van der Waals surface area contributed by atoms with Crippen LogP contribution in [0, 0.1) is 5.82 Å². The summed E-state index contributed by atoms with van der Waals surface area (Å²) in [6.07, 6.45) is 3.62. The van der Waals surface area contributed by atoms with Gasteiger partial charge in [0.05, 0.1) is 0 Å². The van der Waals surface area contributed by atoms with Crippen molar-refractivity contribution in [3.05, 3.63) is 65.7 Å². The average Bonchev–Trinajstić information content (AvgIpc) is 2.46. The summed E-state index contributed by atoms with van der Waals surface area (Å²) in [5.74, 6) is -0.165. The Morgan fingerprint density at radius 1 is 1.25 bits per heavy atom. The molecule has 1 atom stereocenters. The Bertz CT molecular complexity index is 530. The number of hydrogen-bond donors (Lipinski definition) is 1. The predicted molar refractivity (Wildman–Crippen MR) is 78.8 cm³/mol. The van der Waals surface area contributed by atoms with Crippen molar-refractivity contribution >= 4 is 0 Å². The molecule has 0 aliphatic heterocycles. The van der Waals surface area contributed by atoms with Crippen molar-refractivity contribution in [2.24, 2.45) is 0 Å². The molecule has 0 fully saturated rings. The summed E-state index contributed by atoms with van der Waals surface area (Å²) in [6.45, 7) is 1.52. The third-order valence-electron chi connectivity index (χ3n) is 3.30. The van der Waals surface area contributed by atoms with Gasteiger partial charge in [-0.05, 0) is 31.8 Å². The largest absolute Gasteiger partial charge is 0.312 e. The van der Waals surface area contributed by atoms with Gasteiger partial charge in [-0.3, -0.25) is 4.98 Å². The van der Waals surface area contributed by atoms with Gasteiger partial charge < -0.3 is 10.2 Å². The van der Waals surface area contributed by atoms with E-state index in [0.717, 1.165) is 18.7 Å². The van der Waals surface area contributed by atoms with Gasteiger partial charge in [-0.1, -0.05) is 24.3 Å². The zero-order chi connectivity index (χ0) is 14.4. The van der Waals surface area contributed by atoms with Crippen LogP contribution in [0.2, 0.25) is 0 Å². The summed E-state index contributed by atoms with van der Waals surface area (Å²) >= 11 is 0. The number of rotatable bonds is 6. The topological polar surface area (TPSA) is 28.2 Å². The number of pyridine rings is 1. The van der Waals surface area contributed by atoms with Crippen LogP contribution in [0.25, 0.3) is 0 Å². The molecule has 0 saturated carbocycles. The van der Waals surface area contributed by atoms with E-state index in [1.54, 1.807) is 12.3 Å². The van der Waals surface area contributed by atoms with Gasteiger partial charge >= 0.3 is 0 Å². The molecule has 1 aromatic carbocycles. The molecule has 1 aromatic heterocycles. The predicted octanol–water partition coefficient (Wildman–Crippen LogP) is 2.61. The monoisotopic (exact) mass is 273 g/mol. The van der Waals surface area contributed by atoms with E-state index in [-0.39, 0.29) is 11.9 Å². The molecule has 0 saturated heterocycles. The van der Waals surface area contributed by atoms with Crippen LogP contribution in [0.15, 0.2) is 48.8 Å². The number of aromatic nitrogens is 1. The Balaban J connectivity index is 2.01. The standard InChI is InChI=1S/C16H20FN3/c1-18-16(14-7-3-4-8-15(14)17)12-20(2)11-13-6-5-9-19-10-13/h3-10,16,18H,11-12H2,1-2H3. The van der Waals surface area contributed by atoms with E-state index in [0.29, 0.717) is 5.56 Å². The average molecular weight is 273 g/mol. The Labute approximate surface area is 119 Å². The molecule has 0 spiro atoms. The van der Waals surface area contributed by atoms with Gasteiger partial charge in [-0.2, -0.15) is 0 Å². The summed E-state index contributed by atoms with van der Waals surface area (Å²) in [5.41, 5.74) is 1.85. The normalized spacial score (nSPS) is 12.6. The Morgan fingerprint density at radius 2 is 2.05 bits per heavy atom. The molecular formula is C16H20FN3. The van der Waals surface area contributed by atoms with Crippen molar-refractivity contribution in [2.45, 2.75) is 12.6 Å². The van der Waals surface area contributed by atoms with E-state index in [1.807, 2.05) is 44.6 Å². The van der Waals surface area contributed by atoms with Crippen LogP contribution in [0.4, 0.5) is 4.39 Å². The molecule has 2 aromatic rings. The van der Waals surface area contributed by atoms with Crippen LogP contribution in [-0.4, -0.2) is 30.5 Å². The molecule has 20 heavy (non-hydrogen) atoms. The fourth-order valence-electron chi connectivity index (χ4n) is 2.28. The SMILES string of the molecule is CNC(CN(C)Cc1cccnc1)c1ccccc1F. The van der Waals surface area contributed by atoms with E-state index < -0.39 is 0 Å². The Kier molecular flexibility index (Phi) is 5.21. The smallest absolute Gasteiger partial charge is 0.128 e. The molecule has 106 valence electrons. The van der Waals surface area contributed by atoms with E-state index in [4.69, 9.17) is 0 Å². The number of nitrogens with zero attached hydrogens (tertiary/aromatic N) is 2. The van der Waals surface area contributed by atoms with Crippen LogP contribution in [0.3, 0.4) is 0 Å². The van der Waals surface area contributed by atoms with Crippen LogP contribution in [0.1, 0.15) is 17.2 Å². The molecule has 0 amide bonds. The lowest BCUT2D eigenvalue weighted by Crippen LogP contribution is -2.31. The summed E-state index contributed by atoms with van der Waals surface area (Å²) in [5, 5.41) is 3.18. The molecular weight excluding hydrogens is 253 g/mol. The molecule has 0 radical (unpaired) electrons. The second-order valence-corrected chi connectivity index (χ2v) is 4.92. The molecule has 1 unspecified atom stereocenters. The molecule has 4 heteroatoms. The number of hydrogen-bond acceptors (Lipinski definition) is 3. The molecule has 0 bridgehead atoms. The van der Waals surface area contributed by atoms with Gasteiger partial charge in [0.25, 0.3) is 0 Å². The third-order valence-corrected chi connectivity index (χ3v) is 3.30. The lowest BCUT2D eigenvalue weighted by atomic mass is 10.1. The fourth-order valence-corrected chi connectivity index (χ4v) is 2.28. The van der Waals surface area contributed by atoms with Crippen molar-refractivity contribution in [1.82, 2.24) is 15.2 Å². The van der Waals surface area contributed by atoms with E-state index in [1.165, 1.54) is 6.07 Å². The summed E-state index contributed by atoms with van der Waals surface area (Å²) in [6, 6.07) is 10.8. The van der Waals surface area contributed by atoms with Gasteiger partial charge in [0.2, 0.25) is 0 Å². The van der Waals surface area contributed by atoms with Gasteiger partial charge in [-0.15, -0.1) is 0 Å². The molecule has 0 aliphatic rings. The highest BCUT2D eigenvalue weighted by Crippen LogP contribution is 2.18. The van der Waals surface area contributed by atoms with E-state index in [2.05, 4.69) is 15.2 Å². The fraction of sp³-hybridized carbons (Fsp3) is 0.312. The molecule has 1 heterocycles. The highest BCUT2D eigenvalue weighted by Gasteiger charge is 2.15. The molecule has 2 rings (SSSR count). The number of likely N-dealkylation sites (N-methyl/N-ethyl adjacent to an activating group) is 2. The highest BCUT2D eigenvalue weighted by molar-refractivity contribution is 5.21. The lowest BCUT2D eigenvalue weighted by Gasteiger charge is -2.24. The van der Waals surface area contributed by atoms with Crippen LogP contribution in [-0.2, 0) is 6.54 Å². The van der Waals surface area contributed by atoms with E-state index in [9.17, 15) is 4.39 Å². The molecule has 0 aliphatic carbocycles. The summed E-state index contributed by atoms with van der Waals surface area (Å²) in [4.78, 5) is 6.26. The van der Waals surface area contributed by atoms with Crippen molar-refractivity contribution in [1.29, 1.82) is 0 Å². The maximum atomic E-state index is 13.8. The number of halogens is 1. The van der Waals surface area contributed by atoms with Gasteiger partial charge in [-0.25, -0.2) is 4.39 Å². The number of nitrogens with one attached hydrogen (secondary N) is 1. The first-order chi connectivity index (χ1) is 9.70. The van der Waals surface area contributed by atoms with Crippen molar-refractivity contribution < 1.29 is 4.39 Å². The summed E-state index contributed by atoms with van der Waals surface area (Å²) in [7, 11) is 3.88. The maximum Gasteiger partial charge on any atom is 0.128 e.